The number of carbonyl (C=O) groups is 3. The number of allylic oxidation sites excluding steroid dienone is 6. The van der Waals surface area contributed by atoms with Crippen molar-refractivity contribution >= 4 is 17.7 Å². The quantitative estimate of drug-likeness (QED) is 0.0450. The van der Waals surface area contributed by atoms with E-state index in [1.165, 1.54) is 199 Å². The molecule has 0 saturated carbocycles. The van der Waals surface area contributed by atoms with Crippen LogP contribution in [0.4, 0.5) is 0 Å². The minimum Gasteiger partial charge on any atom is -0.339 e. The number of unbranched alkanes of at least 4 members (excludes halogenated alkanes) is 33. The van der Waals surface area contributed by atoms with Gasteiger partial charge in [0.25, 0.3) is 0 Å². The molecule has 0 rings (SSSR count). The summed E-state index contributed by atoms with van der Waals surface area (Å²) in [5.41, 5.74) is 0. The lowest BCUT2D eigenvalue weighted by Crippen LogP contribution is -2.49. The van der Waals surface area contributed by atoms with Crippen molar-refractivity contribution in [3.63, 3.8) is 0 Å². The number of nitrogens with zero attached hydrogens (tertiary/aromatic N) is 3. The van der Waals surface area contributed by atoms with Gasteiger partial charge in [0, 0.05) is 57.5 Å². The van der Waals surface area contributed by atoms with Gasteiger partial charge in [-0.05, 0) is 134 Å². The van der Waals surface area contributed by atoms with Crippen LogP contribution in [0.3, 0.4) is 0 Å². The van der Waals surface area contributed by atoms with Crippen molar-refractivity contribution in [2.24, 2.45) is 11.8 Å². The van der Waals surface area contributed by atoms with E-state index in [9.17, 15) is 14.4 Å². The van der Waals surface area contributed by atoms with Crippen molar-refractivity contribution < 1.29 is 14.4 Å². The predicted molar refractivity (Wildman–Crippen MR) is 355 cm³/mol. The molecule has 6 heteroatoms. The molecule has 0 aliphatic rings. The fourth-order valence-electron chi connectivity index (χ4n) is 11.6. The van der Waals surface area contributed by atoms with Gasteiger partial charge in [-0.2, -0.15) is 0 Å². The summed E-state index contributed by atoms with van der Waals surface area (Å²) < 4.78 is 0. The lowest BCUT2D eigenvalue weighted by molar-refractivity contribution is -0.139. The van der Waals surface area contributed by atoms with Crippen LogP contribution in [-0.4, -0.2) is 70.7 Å². The van der Waals surface area contributed by atoms with Crippen molar-refractivity contribution in [1.29, 1.82) is 0 Å². The predicted octanol–water partition coefficient (Wildman–Crippen LogP) is 23.0. The van der Waals surface area contributed by atoms with Crippen molar-refractivity contribution in [2.75, 3.05) is 26.2 Å². The molecule has 80 heavy (non-hydrogen) atoms. The van der Waals surface area contributed by atoms with E-state index in [0.29, 0.717) is 57.3 Å². The highest BCUT2D eigenvalue weighted by Crippen LogP contribution is 2.23. The first kappa shape index (κ1) is 77.6. The number of amides is 3. The normalized spacial score (nSPS) is 13.5. The van der Waals surface area contributed by atoms with Gasteiger partial charge in [0.15, 0.2) is 0 Å². The van der Waals surface area contributed by atoms with E-state index < -0.39 is 0 Å². The Labute approximate surface area is 501 Å². The largest absolute Gasteiger partial charge is 0.339 e. The molecular weight excluding hydrogens is 979 g/mol. The molecule has 0 N–H and O–H groups in total. The zero-order valence-corrected chi connectivity index (χ0v) is 55.6. The van der Waals surface area contributed by atoms with Crippen molar-refractivity contribution in [1.82, 2.24) is 14.7 Å². The molecule has 3 amide bonds. The van der Waals surface area contributed by atoms with Crippen LogP contribution in [0, 0.1) is 11.8 Å². The van der Waals surface area contributed by atoms with Gasteiger partial charge in [-0.1, -0.05) is 266 Å². The first-order valence-electron chi connectivity index (χ1n) is 35.9. The summed E-state index contributed by atoms with van der Waals surface area (Å²) in [6.07, 6.45) is 70.7. The van der Waals surface area contributed by atoms with Crippen LogP contribution in [-0.2, 0) is 14.4 Å². The third-order valence-corrected chi connectivity index (χ3v) is 17.7. The fraction of sp³-hybridized carbons (Fsp3) is 0.878. The standard InChI is InChI=1S/C74H141N3O3/c1-10-17-20-23-26-29-32-35-38-41-44-47-50-53-56-59-72(78)75(62-64-76(70(15-6)66-68(8)13-4)73(79)60-57-54-51-48-45-42-39-36-33-30-27-24-21-18-11-2)63-65-77(71(16-7)67-69(9)14-5)74(80)61-58-55-52-49-46-43-40-37-34-31-28-25-22-19-12-3/h35-40,68-71H,10-34,41-67H2,1-9H3. The van der Waals surface area contributed by atoms with E-state index in [-0.39, 0.29) is 29.8 Å². The second-order valence-electron chi connectivity index (χ2n) is 25.2. The SMILES string of the molecule is CCCCCCCCC=CCCCCCCCC(=O)N(CCN(C(=O)CCCCCCCC=CCCCCCCCC)C(CC)CC(C)CC)CCN(C(=O)CCCCCCCC=CCCCCCCCC)C(CC)CC(C)CC. The molecular formula is C74H141N3O3. The Morgan fingerprint density at radius 1 is 0.287 bits per heavy atom. The average molecular weight is 1120 g/mol. The van der Waals surface area contributed by atoms with Crippen molar-refractivity contribution in [3.05, 3.63) is 36.5 Å². The second-order valence-corrected chi connectivity index (χ2v) is 25.2. The van der Waals surface area contributed by atoms with Crippen LogP contribution in [0.5, 0.6) is 0 Å². The smallest absolute Gasteiger partial charge is 0.222 e. The van der Waals surface area contributed by atoms with Gasteiger partial charge in [0.2, 0.25) is 17.7 Å². The molecule has 0 aliphatic heterocycles. The minimum atomic E-state index is 0.173. The molecule has 470 valence electrons. The highest BCUT2D eigenvalue weighted by Gasteiger charge is 2.28. The van der Waals surface area contributed by atoms with Gasteiger partial charge in [-0.3, -0.25) is 14.4 Å². The first-order valence-corrected chi connectivity index (χ1v) is 35.9. The first-order chi connectivity index (χ1) is 39.1. The van der Waals surface area contributed by atoms with Gasteiger partial charge >= 0.3 is 0 Å². The Hall–Kier alpha value is -2.37. The average Bonchev–Trinajstić information content (AvgIpc) is 3.48. The highest BCUT2D eigenvalue weighted by atomic mass is 16.2. The summed E-state index contributed by atoms with van der Waals surface area (Å²) >= 11 is 0. The number of rotatable bonds is 61. The zero-order chi connectivity index (χ0) is 58.8. The minimum absolute atomic E-state index is 0.173. The molecule has 4 unspecified atom stereocenters. The summed E-state index contributed by atoms with van der Waals surface area (Å²) in [7, 11) is 0. The van der Waals surface area contributed by atoms with Gasteiger partial charge in [-0.15, -0.1) is 0 Å². The van der Waals surface area contributed by atoms with E-state index in [1.807, 2.05) is 0 Å². The Morgan fingerprint density at radius 3 is 0.775 bits per heavy atom. The van der Waals surface area contributed by atoms with Crippen molar-refractivity contribution in [3.8, 4) is 0 Å². The van der Waals surface area contributed by atoms with Crippen molar-refractivity contribution in [2.45, 2.75) is 383 Å². The van der Waals surface area contributed by atoms with E-state index >= 15 is 0 Å². The van der Waals surface area contributed by atoms with E-state index in [1.54, 1.807) is 0 Å². The van der Waals surface area contributed by atoms with Gasteiger partial charge in [0.05, 0.1) is 0 Å². The fourth-order valence-corrected chi connectivity index (χ4v) is 11.6. The Bertz CT molecular complexity index is 1360. The molecule has 6 nitrogen and oxygen atoms in total. The monoisotopic (exact) mass is 1120 g/mol. The lowest BCUT2D eigenvalue weighted by Gasteiger charge is -2.37. The van der Waals surface area contributed by atoms with Gasteiger partial charge in [-0.25, -0.2) is 0 Å². The Kier molecular flexibility index (Phi) is 58.0. The zero-order valence-electron chi connectivity index (χ0n) is 55.6. The van der Waals surface area contributed by atoms with Crippen LogP contribution in [0.15, 0.2) is 36.5 Å². The summed E-state index contributed by atoms with van der Waals surface area (Å²) in [5, 5.41) is 0. The van der Waals surface area contributed by atoms with E-state index in [4.69, 9.17) is 0 Å². The molecule has 0 radical (unpaired) electrons. The molecule has 0 aliphatic carbocycles. The van der Waals surface area contributed by atoms with Crippen LogP contribution in [0.25, 0.3) is 0 Å². The van der Waals surface area contributed by atoms with Crippen LogP contribution in [0.1, 0.15) is 371 Å². The molecule has 0 heterocycles. The lowest BCUT2D eigenvalue weighted by atomic mass is 9.96. The van der Waals surface area contributed by atoms with Crippen LogP contribution >= 0.6 is 0 Å². The van der Waals surface area contributed by atoms with E-state index in [2.05, 4.69) is 113 Å². The Morgan fingerprint density at radius 2 is 0.525 bits per heavy atom. The molecule has 0 aromatic rings. The second kappa shape index (κ2) is 59.8. The van der Waals surface area contributed by atoms with Crippen LogP contribution < -0.4 is 0 Å². The Balaban J connectivity index is 5.87. The van der Waals surface area contributed by atoms with E-state index in [0.717, 1.165) is 89.9 Å². The summed E-state index contributed by atoms with van der Waals surface area (Å²) in [6, 6.07) is 0.347. The number of carbonyl (C=O) groups excluding carboxylic acids is 3. The summed E-state index contributed by atoms with van der Waals surface area (Å²) in [6.45, 7) is 22.7. The highest BCUT2D eigenvalue weighted by molar-refractivity contribution is 5.78. The molecule has 0 aromatic carbocycles. The molecule has 0 aromatic heterocycles. The molecule has 0 bridgehead atoms. The maximum Gasteiger partial charge on any atom is 0.222 e. The molecule has 4 atom stereocenters. The summed E-state index contributed by atoms with van der Waals surface area (Å²) in [4.78, 5) is 49.8. The third-order valence-electron chi connectivity index (χ3n) is 17.7. The van der Waals surface area contributed by atoms with Crippen LogP contribution in [0.2, 0.25) is 0 Å². The molecule has 0 fully saturated rings. The maximum absolute atomic E-state index is 14.5. The number of hydrogen-bond acceptors (Lipinski definition) is 3. The maximum atomic E-state index is 14.5. The van der Waals surface area contributed by atoms with Gasteiger partial charge in [0.1, 0.15) is 0 Å². The topological polar surface area (TPSA) is 60.9 Å². The number of hydrogen-bond donors (Lipinski definition) is 0. The molecule has 0 saturated heterocycles. The third kappa shape index (κ3) is 47.0. The summed E-state index contributed by atoms with van der Waals surface area (Å²) in [5.74, 6) is 1.79. The molecule has 0 spiro atoms. The van der Waals surface area contributed by atoms with Gasteiger partial charge < -0.3 is 14.7 Å².